The molecule has 14 heteroatoms. The highest BCUT2D eigenvalue weighted by molar-refractivity contribution is 8.00. The summed E-state index contributed by atoms with van der Waals surface area (Å²) in [7, 11) is 0. The lowest BCUT2D eigenvalue weighted by Gasteiger charge is -2.34. The fraction of sp³-hybridized carbons (Fsp3) is 0.600. The van der Waals surface area contributed by atoms with E-state index in [0.717, 1.165) is 120 Å². The summed E-state index contributed by atoms with van der Waals surface area (Å²) in [6, 6.07) is 0. The third kappa shape index (κ3) is 5.26. The molecule has 0 radical (unpaired) electrons. The number of nitrogens with one attached hydrogen (secondary N) is 1. The summed E-state index contributed by atoms with van der Waals surface area (Å²) >= 11 is 3.04. The number of likely N-dealkylation sites (N-methyl/N-ethyl adjacent to an activating group) is 2. The first-order chi connectivity index (χ1) is 18.9. The van der Waals surface area contributed by atoms with E-state index in [4.69, 9.17) is 19.9 Å². The van der Waals surface area contributed by atoms with Crippen molar-refractivity contribution in [1.82, 2.24) is 44.6 Å². The Morgan fingerprint density at radius 3 is 1.95 bits per heavy atom. The molecule has 12 nitrogen and oxygen atoms in total. The molecule has 0 unspecified atom stereocenters. The first-order valence-electron chi connectivity index (χ1n) is 13.7. The van der Waals surface area contributed by atoms with Crippen LogP contribution in [-0.2, 0) is 0 Å². The van der Waals surface area contributed by atoms with E-state index in [9.17, 15) is 0 Å². The van der Waals surface area contributed by atoms with Crippen LogP contribution in [0.25, 0.3) is 0 Å². The zero-order chi connectivity index (χ0) is 27.1. The predicted octanol–water partition coefficient (Wildman–Crippen LogP) is 2.56. The summed E-state index contributed by atoms with van der Waals surface area (Å²) in [4.78, 5) is 29.1. The van der Waals surface area contributed by atoms with E-state index in [1.165, 1.54) is 23.5 Å². The van der Waals surface area contributed by atoms with Gasteiger partial charge in [-0.2, -0.15) is 0 Å². The maximum atomic E-state index is 4.98. The Bertz CT molecular complexity index is 1350. The van der Waals surface area contributed by atoms with Crippen LogP contribution in [0.1, 0.15) is 30.8 Å². The zero-order valence-corrected chi connectivity index (χ0v) is 24.9. The highest BCUT2D eigenvalue weighted by atomic mass is 32.2. The van der Waals surface area contributed by atoms with E-state index in [1.807, 2.05) is 11.6 Å². The van der Waals surface area contributed by atoms with Gasteiger partial charge in [0.25, 0.3) is 0 Å². The van der Waals surface area contributed by atoms with Gasteiger partial charge in [-0.05, 0) is 57.4 Å². The molecule has 1 N–H and O–H groups in total. The van der Waals surface area contributed by atoms with Crippen LogP contribution in [0.3, 0.4) is 0 Å². The lowest BCUT2D eigenvalue weighted by atomic mass is 10.3. The van der Waals surface area contributed by atoms with Crippen LogP contribution in [0.15, 0.2) is 20.4 Å². The second-order valence-corrected chi connectivity index (χ2v) is 12.0. The maximum absolute atomic E-state index is 4.98. The van der Waals surface area contributed by atoms with Crippen LogP contribution in [0, 0.1) is 20.8 Å². The fourth-order valence-corrected chi connectivity index (χ4v) is 6.87. The third-order valence-electron chi connectivity index (χ3n) is 7.79. The Hall–Kier alpha value is -2.68. The van der Waals surface area contributed by atoms with Gasteiger partial charge in [0.1, 0.15) is 15.7 Å². The van der Waals surface area contributed by atoms with Crippen molar-refractivity contribution >= 4 is 41.1 Å². The third-order valence-corrected chi connectivity index (χ3v) is 9.76. The van der Waals surface area contributed by atoms with Gasteiger partial charge in [0.05, 0.1) is 5.69 Å². The van der Waals surface area contributed by atoms with Crippen molar-refractivity contribution in [2.75, 3.05) is 80.7 Å². The average Bonchev–Trinajstić information content (AvgIpc) is 3.35. The molecule has 0 saturated carbocycles. The van der Waals surface area contributed by atoms with Gasteiger partial charge >= 0.3 is 0 Å². The van der Waals surface area contributed by atoms with Gasteiger partial charge in [-0.15, -0.1) is 10.2 Å². The summed E-state index contributed by atoms with van der Waals surface area (Å²) in [6.45, 7) is 20.6. The second kappa shape index (κ2) is 11.1. The van der Waals surface area contributed by atoms with Crippen molar-refractivity contribution in [3.63, 3.8) is 0 Å². The van der Waals surface area contributed by atoms with Crippen LogP contribution < -0.4 is 15.2 Å². The van der Waals surface area contributed by atoms with E-state index in [0.29, 0.717) is 0 Å². The molecule has 3 aliphatic rings. The van der Waals surface area contributed by atoms with Gasteiger partial charge in [-0.25, -0.2) is 24.6 Å². The predicted molar refractivity (Wildman–Crippen MR) is 154 cm³/mol. The van der Waals surface area contributed by atoms with E-state index in [-0.39, 0.29) is 0 Å². The van der Waals surface area contributed by atoms with Gasteiger partial charge in [-0.3, -0.25) is 5.43 Å². The molecule has 2 fully saturated rings. The quantitative estimate of drug-likeness (QED) is 0.345. The van der Waals surface area contributed by atoms with Gasteiger partial charge < -0.3 is 19.6 Å². The first-order valence-corrected chi connectivity index (χ1v) is 15.3. The monoisotopic (exact) mass is 568 g/mol. The highest BCUT2D eigenvalue weighted by Crippen LogP contribution is 2.41. The molecular weight excluding hydrogens is 532 g/mol. The van der Waals surface area contributed by atoms with E-state index in [2.05, 4.69) is 62.9 Å². The van der Waals surface area contributed by atoms with Gasteiger partial charge in [0.2, 0.25) is 22.2 Å². The van der Waals surface area contributed by atoms with Crippen LogP contribution >= 0.6 is 23.5 Å². The second-order valence-electron chi connectivity index (χ2n) is 10.1. The topological polar surface area (TPSA) is 107 Å². The smallest absolute Gasteiger partial charge is 0.226 e. The summed E-state index contributed by atoms with van der Waals surface area (Å²) in [6.07, 6.45) is 0. The normalized spacial score (nSPS) is 18.2. The minimum Gasteiger partial charge on any atom is -0.338 e. The summed E-state index contributed by atoms with van der Waals surface area (Å²) < 4.78 is 1.92. The van der Waals surface area contributed by atoms with Crippen molar-refractivity contribution in [3.05, 3.63) is 17.0 Å². The minimum absolute atomic E-state index is 0.727. The number of nitrogens with zero attached hydrogens (tertiary/aromatic N) is 11. The van der Waals surface area contributed by atoms with Crippen molar-refractivity contribution in [1.29, 1.82) is 0 Å². The summed E-state index contributed by atoms with van der Waals surface area (Å²) in [5, 5.41) is 12.3. The molecular formula is C25H36N12S2. The number of hydrogen-bond donors (Lipinski definition) is 1. The van der Waals surface area contributed by atoms with Crippen molar-refractivity contribution < 1.29 is 0 Å². The molecule has 0 aromatic carbocycles. The van der Waals surface area contributed by atoms with E-state index >= 15 is 0 Å². The standard InChI is InChI=1S/C25H36N12S2/c1-6-33-8-12-35(13-9-33)22-26-17(4)16(3)20(28-22)38-24-30-31-25-37(24)32-19-18(5)27-23(29-21(19)39-25)36-14-10-34(7-2)11-15-36/h32H,6-15H2,1-5H3. The molecule has 3 aromatic heterocycles. The molecule has 0 atom stereocenters. The van der Waals surface area contributed by atoms with Crippen LogP contribution in [-0.4, -0.2) is 110 Å². The van der Waals surface area contributed by atoms with Crippen molar-refractivity contribution in [2.45, 2.75) is 55.0 Å². The minimum atomic E-state index is 0.727. The number of hydrogen-bond acceptors (Lipinski definition) is 13. The largest absolute Gasteiger partial charge is 0.338 e. The number of anilines is 3. The molecule has 6 heterocycles. The van der Waals surface area contributed by atoms with Crippen LogP contribution in [0.2, 0.25) is 0 Å². The van der Waals surface area contributed by atoms with Gasteiger partial charge in [0.15, 0.2) is 0 Å². The lowest BCUT2D eigenvalue weighted by Crippen LogP contribution is -2.46. The zero-order valence-electron chi connectivity index (χ0n) is 23.3. The fourth-order valence-electron chi connectivity index (χ4n) is 5.00. The van der Waals surface area contributed by atoms with Crippen molar-refractivity contribution in [3.8, 4) is 0 Å². The Labute approximate surface area is 238 Å². The molecule has 6 rings (SSSR count). The lowest BCUT2D eigenvalue weighted by molar-refractivity contribution is 0.269. The molecule has 0 bridgehead atoms. The molecule has 0 amide bonds. The SMILES string of the molecule is CCN1CCN(c2nc(C)c(C)c(Sc3nnc4n3Nc3c(C)nc(N5CCN(CC)CC5)nc3S4)n2)CC1. The maximum Gasteiger partial charge on any atom is 0.226 e. The molecule has 3 aliphatic heterocycles. The highest BCUT2D eigenvalue weighted by Gasteiger charge is 2.28. The van der Waals surface area contributed by atoms with Crippen LogP contribution in [0.5, 0.6) is 0 Å². The average molecular weight is 569 g/mol. The Balaban J connectivity index is 1.22. The Kier molecular flexibility index (Phi) is 7.53. The van der Waals surface area contributed by atoms with E-state index < -0.39 is 0 Å². The van der Waals surface area contributed by atoms with Gasteiger partial charge in [-0.1, -0.05) is 13.8 Å². The molecule has 3 aromatic rings. The first kappa shape index (κ1) is 26.5. The number of piperazine rings is 2. The number of aryl methyl sites for hydroxylation is 2. The molecule has 208 valence electrons. The number of aromatic nitrogens is 7. The molecule has 39 heavy (non-hydrogen) atoms. The van der Waals surface area contributed by atoms with Crippen LogP contribution in [0.4, 0.5) is 17.6 Å². The van der Waals surface area contributed by atoms with Gasteiger partial charge in [0, 0.05) is 63.6 Å². The number of rotatable bonds is 6. The summed E-state index contributed by atoms with van der Waals surface area (Å²) in [5.41, 5.74) is 7.35. The summed E-state index contributed by atoms with van der Waals surface area (Å²) in [5.74, 6) is 1.58. The molecule has 0 spiro atoms. The van der Waals surface area contributed by atoms with E-state index in [1.54, 1.807) is 0 Å². The Morgan fingerprint density at radius 1 is 0.744 bits per heavy atom. The molecule has 2 saturated heterocycles. The molecule has 0 aliphatic carbocycles. The number of fused-ring (bicyclic) bond motifs is 2. The van der Waals surface area contributed by atoms with Crippen molar-refractivity contribution in [2.24, 2.45) is 0 Å². The Morgan fingerprint density at radius 2 is 1.33 bits per heavy atom.